The molecule has 0 aliphatic rings. The average Bonchev–Trinajstić information content (AvgIpc) is 2.15. The van der Waals surface area contributed by atoms with E-state index in [0.717, 1.165) is 0 Å². The molecule has 0 radical (unpaired) electrons. The van der Waals surface area contributed by atoms with Crippen molar-refractivity contribution in [2.24, 2.45) is 0 Å². The van der Waals surface area contributed by atoms with Crippen LogP contribution in [0, 0.1) is 50.6 Å². The predicted octanol–water partition coefficient (Wildman–Crippen LogP) is -1.26. The lowest BCUT2D eigenvalue weighted by Gasteiger charge is -2.13. The van der Waals surface area contributed by atoms with Gasteiger partial charge in [-0.15, -0.1) is 0 Å². The molecule has 15 nitrogen and oxygen atoms in total. The topological polar surface area (TPSA) is 216 Å². The molecule has 0 aromatic rings. The van der Waals surface area contributed by atoms with Crippen LogP contribution in [0.2, 0.25) is 0 Å². The summed E-state index contributed by atoms with van der Waals surface area (Å²) in [5, 5.41) is 52.4. The first-order valence-electron chi connectivity index (χ1n) is 3.69. The molecule has 0 heterocycles. The van der Waals surface area contributed by atoms with Crippen LogP contribution in [0.15, 0.2) is 0 Å². The summed E-state index contributed by atoms with van der Waals surface area (Å²) in [5.74, 6) is -4.83. The van der Waals surface area contributed by atoms with Crippen molar-refractivity contribution in [2.75, 3.05) is 0 Å². The normalized spacial score (nSPS) is 11.6. The van der Waals surface area contributed by atoms with E-state index < -0.39 is 36.1 Å². The first-order valence-corrected chi connectivity index (χ1v) is 3.69. The fourth-order valence-electron chi connectivity index (χ4n) is 1.03. The van der Waals surface area contributed by atoms with Gasteiger partial charge in [-0.25, -0.2) is 0 Å². The van der Waals surface area contributed by atoms with Crippen LogP contribution in [0.4, 0.5) is 0 Å². The zero-order valence-corrected chi connectivity index (χ0v) is 8.32. The number of hydrogen-bond acceptors (Lipinski definition) is 10. The standard InChI is InChI=1S/C3H3N5O10/c1-2(4(9)10,5(11)12)3(6(13)14,7(15)16)8(17)18/h1H3. The van der Waals surface area contributed by atoms with Crippen LogP contribution >= 0.6 is 0 Å². The first-order chi connectivity index (χ1) is 7.97. The van der Waals surface area contributed by atoms with Crippen molar-refractivity contribution in [3.63, 3.8) is 0 Å². The highest BCUT2D eigenvalue weighted by Gasteiger charge is 3.00. The Morgan fingerprint density at radius 1 is 0.611 bits per heavy atom. The van der Waals surface area contributed by atoms with Gasteiger partial charge < -0.3 is 0 Å². The summed E-state index contributed by atoms with van der Waals surface area (Å²) in [6.45, 7) is -0.179. The molecule has 18 heavy (non-hydrogen) atoms. The second-order valence-corrected chi connectivity index (χ2v) is 2.94. The molecular formula is C3H3N5O10. The maximum absolute atomic E-state index is 10.5. The molecule has 0 rings (SSSR count). The number of hydrogen-bond donors (Lipinski definition) is 0. The lowest BCUT2D eigenvalue weighted by atomic mass is 10.1. The average molecular weight is 269 g/mol. The van der Waals surface area contributed by atoms with Gasteiger partial charge in [0.15, 0.2) is 14.8 Å². The molecule has 0 atom stereocenters. The minimum absolute atomic E-state index is 0.179. The van der Waals surface area contributed by atoms with Crippen LogP contribution in [0.25, 0.3) is 0 Å². The molecule has 15 heteroatoms. The van der Waals surface area contributed by atoms with E-state index >= 15 is 0 Å². The molecule has 100 valence electrons. The highest BCUT2D eigenvalue weighted by atomic mass is 16.8. The third-order valence-electron chi connectivity index (χ3n) is 2.11. The molecule has 0 aliphatic carbocycles. The molecule has 0 N–H and O–H groups in total. The number of rotatable bonds is 6. The van der Waals surface area contributed by atoms with Gasteiger partial charge in [0, 0.05) is 0 Å². The quantitative estimate of drug-likeness (QED) is 0.316. The minimum atomic E-state index is -4.83. The molecular weight excluding hydrogens is 266 g/mol. The van der Waals surface area contributed by atoms with E-state index in [1.54, 1.807) is 0 Å². The number of nitro groups is 5. The van der Waals surface area contributed by atoms with E-state index in [0.29, 0.717) is 0 Å². The molecule has 0 aromatic heterocycles. The van der Waals surface area contributed by atoms with Crippen molar-refractivity contribution in [2.45, 2.75) is 18.4 Å². The summed E-state index contributed by atoms with van der Waals surface area (Å²) >= 11 is 0. The minimum Gasteiger partial charge on any atom is -0.258 e. The molecule has 0 aliphatic heterocycles. The summed E-state index contributed by atoms with van der Waals surface area (Å²) in [7, 11) is 0. The third-order valence-corrected chi connectivity index (χ3v) is 2.11. The van der Waals surface area contributed by atoms with Crippen LogP contribution in [-0.2, 0) is 0 Å². The van der Waals surface area contributed by atoms with E-state index in [9.17, 15) is 50.6 Å². The highest BCUT2D eigenvalue weighted by Crippen LogP contribution is 2.30. The Balaban J connectivity index is 6.60. The summed E-state index contributed by atoms with van der Waals surface area (Å²) < 4.78 is 0. The van der Waals surface area contributed by atoms with Gasteiger partial charge in [-0.05, 0) is 0 Å². The summed E-state index contributed by atoms with van der Waals surface area (Å²) in [6.07, 6.45) is 0. The Labute approximate surface area is 94.7 Å². The van der Waals surface area contributed by atoms with Crippen molar-refractivity contribution in [1.29, 1.82) is 0 Å². The van der Waals surface area contributed by atoms with E-state index in [4.69, 9.17) is 0 Å². The second kappa shape index (κ2) is 4.11. The monoisotopic (exact) mass is 269 g/mol. The van der Waals surface area contributed by atoms with Gasteiger partial charge in [-0.2, -0.15) is 0 Å². The first kappa shape index (κ1) is 15.0. The fourth-order valence-corrected chi connectivity index (χ4v) is 1.03. The number of nitrogens with zero attached hydrogens (tertiary/aromatic N) is 5. The third kappa shape index (κ3) is 1.44. The van der Waals surface area contributed by atoms with E-state index in [1.165, 1.54) is 0 Å². The van der Waals surface area contributed by atoms with Gasteiger partial charge in [-0.3, -0.25) is 50.6 Å². The Bertz CT molecular complexity index is 404. The van der Waals surface area contributed by atoms with Gasteiger partial charge in [0.1, 0.15) is 16.8 Å². The van der Waals surface area contributed by atoms with Gasteiger partial charge in [-0.1, -0.05) is 0 Å². The molecule has 0 saturated heterocycles. The van der Waals surface area contributed by atoms with Crippen molar-refractivity contribution >= 4 is 0 Å². The van der Waals surface area contributed by atoms with E-state index in [-0.39, 0.29) is 6.92 Å². The van der Waals surface area contributed by atoms with Gasteiger partial charge in [0.25, 0.3) is 0 Å². The van der Waals surface area contributed by atoms with E-state index in [2.05, 4.69) is 0 Å². The van der Waals surface area contributed by atoms with Crippen molar-refractivity contribution in [3.05, 3.63) is 50.6 Å². The fraction of sp³-hybridized carbons (Fsp3) is 1.00. The smallest absolute Gasteiger partial charge is 0.258 e. The van der Waals surface area contributed by atoms with Gasteiger partial charge in [0.2, 0.25) is 0 Å². The van der Waals surface area contributed by atoms with Crippen LogP contribution in [0.3, 0.4) is 0 Å². The predicted molar refractivity (Wildman–Crippen MR) is 46.1 cm³/mol. The molecule has 0 bridgehead atoms. The van der Waals surface area contributed by atoms with Gasteiger partial charge >= 0.3 is 11.4 Å². The van der Waals surface area contributed by atoms with Crippen LogP contribution in [0.5, 0.6) is 0 Å². The lowest BCUT2D eigenvalue weighted by Crippen LogP contribution is -2.73. The summed E-state index contributed by atoms with van der Waals surface area (Å²) in [4.78, 5) is 41.4. The molecule has 0 unspecified atom stereocenters. The Hall–Kier alpha value is -3.00. The summed E-state index contributed by atoms with van der Waals surface area (Å²) in [6, 6.07) is 0. The maximum Gasteiger partial charge on any atom is 0.840 e. The zero-order chi connectivity index (χ0) is 14.9. The zero-order valence-electron chi connectivity index (χ0n) is 8.32. The molecule has 0 spiro atoms. The van der Waals surface area contributed by atoms with Crippen molar-refractivity contribution in [1.82, 2.24) is 0 Å². The second-order valence-electron chi connectivity index (χ2n) is 2.94. The van der Waals surface area contributed by atoms with Crippen LogP contribution in [0.1, 0.15) is 6.92 Å². The van der Waals surface area contributed by atoms with Crippen LogP contribution in [-0.4, -0.2) is 36.1 Å². The van der Waals surface area contributed by atoms with Crippen LogP contribution < -0.4 is 0 Å². The summed E-state index contributed by atoms with van der Waals surface area (Å²) in [5.41, 5.74) is -4.27. The highest BCUT2D eigenvalue weighted by molar-refractivity contribution is 4.72. The van der Waals surface area contributed by atoms with Gasteiger partial charge in [0.05, 0.1) is 0 Å². The largest absolute Gasteiger partial charge is 0.840 e. The molecule has 0 aromatic carbocycles. The Morgan fingerprint density at radius 3 is 0.889 bits per heavy atom. The van der Waals surface area contributed by atoms with Crippen molar-refractivity contribution < 1.29 is 24.6 Å². The SMILES string of the molecule is CC([N+](=O)[O-])([N+](=O)[O-])C([N+](=O)[O-])([N+](=O)[O-])[N+](=O)[O-]. The molecule has 0 amide bonds. The maximum atomic E-state index is 10.5. The Kier molecular flexibility index (Phi) is 3.42. The van der Waals surface area contributed by atoms with Crippen molar-refractivity contribution in [3.8, 4) is 0 Å². The Morgan fingerprint density at radius 2 is 0.833 bits per heavy atom. The van der Waals surface area contributed by atoms with E-state index in [1.807, 2.05) is 0 Å². The lowest BCUT2D eigenvalue weighted by molar-refractivity contribution is -1.05. The molecule has 0 fully saturated rings. The molecule has 0 saturated carbocycles.